The molecule has 6 nitrogen and oxygen atoms in total. The highest BCUT2D eigenvalue weighted by Crippen LogP contribution is 2.27. The molecule has 112 valence electrons. The SMILES string of the molecule is ONC(=NCNCC1CC1)c1cc(F)c(F)c2nc[nH]c12. The molecule has 1 aromatic carbocycles. The van der Waals surface area contributed by atoms with E-state index in [4.69, 9.17) is 0 Å². The van der Waals surface area contributed by atoms with Crippen molar-refractivity contribution in [2.24, 2.45) is 10.9 Å². The third-order valence-corrected chi connectivity index (χ3v) is 3.44. The second-order valence-corrected chi connectivity index (χ2v) is 5.02. The molecule has 0 spiro atoms. The molecule has 1 fully saturated rings. The minimum atomic E-state index is -1.04. The van der Waals surface area contributed by atoms with Gasteiger partial charge in [-0.15, -0.1) is 0 Å². The van der Waals surface area contributed by atoms with Crippen LogP contribution in [0.1, 0.15) is 18.4 Å². The summed E-state index contributed by atoms with van der Waals surface area (Å²) < 4.78 is 27.2. The number of benzene rings is 1. The topological polar surface area (TPSA) is 85.3 Å². The average Bonchev–Trinajstić information content (AvgIpc) is 3.17. The van der Waals surface area contributed by atoms with Gasteiger partial charge < -0.3 is 4.98 Å². The molecule has 0 radical (unpaired) electrons. The molecule has 3 rings (SSSR count). The number of halogens is 2. The molecule has 1 saturated carbocycles. The average molecular weight is 295 g/mol. The predicted molar refractivity (Wildman–Crippen MR) is 73.1 cm³/mol. The Hall–Kier alpha value is -2.06. The largest absolute Gasteiger partial charge is 0.344 e. The summed E-state index contributed by atoms with van der Waals surface area (Å²) >= 11 is 0. The molecular weight excluding hydrogens is 280 g/mol. The number of nitrogens with one attached hydrogen (secondary N) is 3. The Morgan fingerprint density at radius 3 is 3.00 bits per heavy atom. The fourth-order valence-electron chi connectivity index (χ4n) is 2.13. The Kier molecular flexibility index (Phi) is 3.80. The first kappa shape index (κ1) is 13.9. The maximum atomic E-state index is 13.6. The number of nitrogens with zero attached hydrogens (tertiary/aromatic N) is 2. The van der Waals surface area contributed by atoms with Crippen molar-refractivity contribution in [3.05, 3.63) is 29.6 Å². The van der Waals surface area contributed by atoms with Crippen LogP contribution in [0.2, 0.25) is 0 Å². The van der Waals surface area contributed by atoms with Crippen molar-refractivity contribution in [3.8, 4) is 0 Å². The molecule has 2 aromatic rings. The summed E-state index contributed by atoms with van der Waals surface area (Å²) in [5.74, 6) is -1.32. The molecule has 4 N–H and O–H groups in total. The van der Waals surface area contributed by atoms with Crippen LogP contribution in [0, 0.1) is 17.6 Å². The van der Waals surface area contributed by atoms with Crippen LogP contribution < -0.4 is 10.8 Å². The van der Waals surface area contributed by atoms with Gasteiger partial charge >= 0.3 is 0 Å². The van der Waals surface area contributed by atoms with Crippen molar-refractivity contribution in [1.82, 2.24) is 20.8 Å². The van der Waals surface area contributed by atoms with E-state index in [0.717, 1.165) is 12.6 Å². The van der Waals surface area contributed by atoms with Gasteiger partial charge in [0.05, 0.1) is 18.5 Å². The highest BCUT2D eigenvalue weighted by Gasteiger charge is 2.20. The van der Waals surface area contributed by atoms with E-state index in [1.54, 1.807) is 0 Å². The Bertz CT molecular complexity index is 680. The fraction of sp³-hybridized carbons (Fsp3) is 0.385. The number of aromatic amines is 1. The number of aliphatic imine (C=N–C) groups is 1. The van der Waals surface area contributed by atoms with Crippen LogP contribution in [0.3, 0.4) is 0 Å². The Labute approximate surface area is 119 Å². The van der Waals surface area contributed by atoms with E-state index in [2.05, 4.69) is 20.3 Å². The van der Waals surface area contributed by atoms with Crippen molar-refractivity contribution in [2.45, 2.75) is 12.8 Å². The fourth-order valence-corrected chi connectivity index (χ4v) is 2.13. The minimum absolute atomic E-state index is 0.0476. The van der Waals surface area contributed by atoms with Crippen LogP contribution in [0.25, 0.3) is 11.0 Å². The molecule has 1 aliphatic rings. The molecule has 0 unspecified atom stereocenters. The van der Waals surface area contributed by atoms with Gasteiger partial charge in [0, 0.05) is 5.56 Å². The van der Waals surface area contributed by atoms with Gasteiger partial charge in [-0.3, -0.25) is 21.0 Å². The normalized spacial score (nSPS) is 15.7. The van der Waals surface area contributed by atoms with Gasteiger partial charge in [0.2, 0.25) is 0 Å². The van der Waals surface area contributed by atoms with E-state index in [1.807, 2.05) is 5.48 Å². The number of hydrogen-bond donors (Lipinski definition) is 4. The van der Waals surface area contributed by atoms with E-state index in [9.17, 15) is 14.0 Å². The molecule has 8 heteroatoms. The van der Waals surface area contributed by atoms with Gasteiger partial charge in [-0.05, 0) is 31.4 Å². The highest BCUT2D eigenvalue weighted by molar-refractivity contribution is 6.07. The molecule has 1 aliphatic carbocycles. The van der Waals surface area contributed by atoms with Crippen molar-refractivity contribution in [3.63, 3.8) is 0 Å². The first-order valence-electron chi connectivity index (χ1n) is 6.67. The van der Waals surface area contributed by atoms with Gasteiger partial charge in [0.15, 0.2) is 17.5 Å². The standard InChI is InChI=1S/C13H15F2N5O/c14-9-3-8(11-12(10(9)15)18-6-17-11)13(20-21)19-5-16-4-7-1-2-7/h3,6-7,16,21H,1-2,4-5H2,(H,17,18)(H,19,20). The summed E-state index contributed by atoms with van der Waals surface area (Å²) in [6.07, 6.45) is 3.70. The number of imidazole rings is 1. The van der Waals surface area contributed by atoms with Crippen molar-refractivity contribution < 1.29 is 14.0 Å². The summed E-state index contributed by atoms with van der Waals surface area (Å²) in [7, 11) is 0. The van der Waals surface area contributed by atoms with E-state index >= 15 is 0 Å². The third kappa shape index (κ3) is 2.86. The number of H-pyrrole nitrogens is 1. The Morgan fingerprint density at radius 2 is 2.29 bits per heavy atom. The van der Waals surface area contributed by atoms with Crippen LogP contribution in [-0.4, -0.2) is 34.2 Å². The predicted octanol–water partition coefficient (Wildman–Crippen LogP) is 1.52. The van der Waals surface area contributed by atoms with Crippen LogP contribution in [0.15, 0.2) is 17.4 Å². The molecule has 1 aromatic heterocycles. The van der Waals surface area contributed by atoms with Crippen molar-refractivity contribution in [1.29, 1.82) is 0 Å². The van der Waals surface area contributed by atoms with E-state index < -0.39 is 11.6 Å². The number of hydroxylamine groups is 1. The quantitative estimate of drug-likeness (QED) is 0.292. The molecule has 21 heavy (non-hydrogen) atoms. The lowest BCUT2D eigenvalue weighted by Gasteiger charge is -2.08. The van der Waals surface area contributed by atoms with Crippen LogP contribution >= 0.6 is 0 Å². The first-order chi connectivity index (χ1) is 10.2. The highest BCUT2D eigenvalue weighted by atomic mass is 19.2. The number of hydrogen-bond acceptors (Lipinski definition) is 4. The van der Waals surface area contributed by atoms with Crippen molar-refractivity contribution >= 4 is 16.9 Å². The Balaban J connectivity index is 1.86. The number of fused-ring (bicyclic) bond motifs is 1. The third-order valence-electron chi connectivity index (χ3n) is 3.44. The zero-order valence-electron chi connectivity index (χ0n) is 11.2. The molecule has 0 saturated heterocycles. The summed E-state index contributed by atoms with van der Waals surface area (Å²) in [4.78, 5) is 10.6. The van der Waals surface area contributed by atoms with Gasteiger partial charge in [0.25, 0.3) is 0 Å². The summed E-state index contributed by atoms with van der Waals surface area (Å²) in [5.41, 5.74) is 2.29. The molecule has 0 aliphatic heterocycles. The number of aromatic nitrogens is 2. The monoisotopic (exact) mass is 295 g/mol. The minimum Gasteiger partial charge on any atom is -0.344 e. The summed E-state index contributed by atoms with van der Waals surface area (Å²) in [5, 5.41) is 12.3. The van der Waals surface area contributed by atoms with E-state index in [-0.39, 0.29) is 29.1 Å². The van der Waals surface area contributed by atoms with Crippen molar-refractivity contribution in [2.75, 3.05) is 13.2 Å². The zero-order chi connectivity index (χ0) is 14.8. The Morgan fingerprint density at radius 1 is 1.48 bits per heavy atom. The van der Waals surface area contributed by atoms with Gasteiger partial charge in [0.1, 0.15) is 5.52 Å². The van der Waals surface area contributed by atoms with Crippen LogP contribution in [0.5, 0.6) is 0 Å². The van der Waals surface area contributed by atoms with Crippen LogP contribution in [0.4, 0.5) is 8.78 Å². The van der Waals surface area contributed by atoms with Crippen LogP contribution in [-0.2, 0) is 0 Å². The lowest BCUT2D eigenvalue weighted by atomic mass is 10.1. The summed E-state index contributed by atoms with van der Waals surface area (Å²) in [6, 6.07) is 0.971. The second-order valence-electron chi connectivity index (χ2n) is 5.02. The first-order valence-corrected chi connectivity index (χ1v) is 6.67. The van der Waals surface area contributed by atoms with E-state index in [0.29, 0.717) is 5.92 Å². The smallest absolute Gasteiger partial charge is 0.186 e. The maximum Gasteiger partial charge on any atom is 0.186 e. The number of amidine groups is 1. The van der Waals surface area contributed by atoms with Gasteiger partial charge in [-0.2, -0.15) is 0 Å². The molecule has 1 heterocycles. The lowest BCUT2D eigenvalue weighted by molar-refractivity contribution is 0.234. The molecule has 0 amide bonds. The molecular formula is C13H15F2N5O. The van der Waals surface area contributed by atoms with Gasteiger partial charge in [-0.1, -0.05) is 0 Å². The lowest BCUT2D eigenvalue weighted by Crippen LogP contribution is -2.25. The second kappa shape index (κ2) is 5.74. The number of rotatable bonds is 5. The van der Waals surface area contributed by atoms with E-state index in [1.165, 1.54) is 19.2 Å². The van der Waals surface area contributed by atoms with Gasteiger partial charge in [-0.25, -0.2) is 13.8 Å². The summed E-state index contributed by atoms with van der Waals surface area (Å²) in [6.45, 7) is 1.13. The maximum absolute atomic E-state index is 13.6. The molecule has 0 atom stereocenters. The molecule has 0 bridgehead atoms. The zero-order valence-corrected chi connectivity index (χ0v) is 11.2.